The Morgan fingerprint density at radius 2 is 1.41 bits per heavy atom. The summed E-state index contributed by atoms with van der Waals surface area (Å²) in [4.78, 5) is 13.3. The molecule has 0 aliphatic heterocycles. The predicted molar refractivity (Wildman–Crippen MR) is 149 cm³/mol. The van der Waals surface area contributed by atoms with E-state index < -0.39 is 16.1 Å². The lowest BCUT2D eigenvalue weighted by Gasteiger charge is -2.20. The van der Waals surface area contributed by atoms with Crippen molar-refractivity contribution in [1.29, 1.82) is 0 Å². The van der Waals surface area contributed by atoms with Gasteiger partial charge >= 0.3 is 5.97 Å². The zero-order valence-electron chi connectivity index (χ0n) is 16.8. The Bertz CT molecular complexity index is 1340. The molecule has 0 heterocycles. The molecule has 9 heteroatoms. The summed E-state index contributed by atoms with van der Waals surface area (Å²) in [6.07, 6.45) is 4.85. The van der Waals surface area contributed by atoms with Gasteiger partial charge in [0.15, 0.2) is 0 Å². The van der Waals surface area contributed by atoms with Crippen LogP contribution >= 0.6 is 67.8 Å². The van der Waals surface area contributed by atoms with E-state index in [1.165, 1.54) is 12.1 Å². The summed E-state index contributed by atoms with van der Waals surface area (Å²) < 4.78 is 42.2. The van der Waals surface area contributed by atoms with Gasteiger partial charge in [-0.05, 0) is 127 Å². The summed E-state index contributed by atoms with van der Waals surface area (Å²) in [5, 5.41) is 2.07. The molecule has 168 valence electrons. The number of hydrogen-bond acceptors (Lipinski definition) is 4. The number of benzene rings is 3. The van der Waals surface area contributed by atoms with Crippen LogP contribution in [0.15, 0.2) is 41.3 Å². The van der Waals surface area contributed by atoms with Crippen LogP contribution in [0.2, 0.25) is 0 Å². The second-order valence-corrected chi connectivity index (χ2v) is 12.3. The largest absolute Gasteiger partial charge is 0.423 e. The van der Waals surface area contributed by atoms with E-state index in [1.54, 1.807) is 0 Å². The first-order valence-corrected chi connectivity index (χ1v) is 14.8. The molecule has 0 fully saturated rings. The molecular formula is C23H19I3O5S. The number of carbonyl (C=O) groups is 1. The summed E-state index contributed by atoms with van der Waals surface area (Å²) in [6.45, 7) is 0. The van der Waals surface area contributed by atoms with Gasteiger partial charge in [-0.25, -0.2) is 4.79 Å². The van der Waals surface area contributed by atoms with Crippen molar-refractivity contribution >= 4 is 94.6 Å². The van der Waals surface area contributed by atoms with Crippen LogP contribution in [0.5, 0.6) is 5.75 Å². The third-order valence-electron chi connectivity index (χ3n) is 5.67. The normalized spacial score (nSPS) is 14.5. The van der Waals surface area contributed by atoms with Gasteiger partial charge in [0.1, 0.15) is 5.75 Å². The van der Waals surface area contributed by atoms with Crippen molar-refractivity contribution in [2.75, 3.05) is 0 Å². The maximum Gasteiger partial charge on any atom is 0.345 e. The highest BCUT2D eigenvalue weighted by Crippen LogP contribution is 2.37. The van der Waals surface area contributed by atoms with E-state index >= 15 is 0 Å². The number of fused-ring (bicyclic) bond motifs is 2. The van der Waals surface area contributed by atoms with Crippen LogP contribution < -0.4 is 4.74 Å². The fourth-order valence-corrected chi connectivity index (χ4v) is 7.92. The van der Waals surface area contributed by atoms with Gasteiger partial charge in [0.2, 0.25) is 0 Å². The number of hydrogen-bond donors (Lipinski definition) is 1. The van der Waals surface area contributed by atoms with Crippen LogP contribution in [0, 0.1) is 10.7 Å². The van der Waals surface area contributed by atoms with Crippen molar-refractivity contribution in [2.24, 2.45) is 0 Å². The molecule has 0 saturated heterocycles. The maximum absolute atomic E-state index is 13.4. The van der Waals surface area contributed by atoms with Gasteiger partial charge in [0, 0.05) is 10.7 Å². The summed E-state index contributed by atoms with van der Waals surface area (Å²) >= 11 is 6.62. The third-order valence-corrected chi connectivity index (χ3v) is 11.0. The Balaban J connectivity index is 1.82. The molecule has 4 rings (SSSR count). The lowest BCUT2D eigenvalue weighted by molar-refractivity contribution is 0.0730. The van der Waals surface area contributed by atoms with Gasteiger partial charge in [0.25, 0.3) is 10.1 Å². The molecule has 5 nitrogen and oxygen atoms in total. The molecule has 1 aliphatic rings. The zero-order chi connectivity index (χ0) is 23.0. The first-order chi connectivity index (χ1) is 15.2. The molecule has 0 bridgehead atoms. The van der Waals surface area contributed by atoms with Crippen molar-refractivity contribution in [3.63, 3.8) is 0 Å². The first kappa shape index (κ1) is 24.6. The average Bonchev–Trinajstić information content (AvgIpc) is 2.72. The van der Waals surface area contributed by atoms with E-state index in [-0.39, 0.29) is 4.90 Å². The molecule has 1 aliphatic carbocycles. The summed E-state index contributed by atoms with van der Waals surface area (Å²) in [6, 6.07) is 10.8. The first-order valence-electron chi connectivity index (χ1n) is 10.1. The minimum Gasteiger partial charge on any atom is -0.423 e. The Hall–Kier alpha value is -0.510. The van der Waals surface area contributed by atoms with Crippen molar-refractivity contribution in [1.82, 2.24) is 0 Å². The quantitative estimate of drug-likeness (QED) is 0.104. The molecular weight excluding hydrogens is 769 g/mol. The molecule has 3 aromatic carbocycles. The Labute approximate surface area is 227 Å². The highest BCUT2D eigenvalue weighted by Gasteiger charge is 2.26. The Kier molecular flexibility index (Phi) is 7.69. The second kappa shape index (κ2) is 10.0. The third kappa shape index (κ3) is 4.82. The van der Waals surface area contributed by atoms with Crippen LogP contribution in [-0.4, -0.2) is 18.9 Å². The lowest BCUT2D eigenvalue weighted by atomic mass is 9.92. The smallest absolute Gasteiger partial charge is 0.345 e. The van der Waals surface area contributed by atoms with Crippen LogP contribution in [0.3, 0.4) is 0 Å². The monoisotopic (exact) mass is 788 g/mol. The molecule has 3 aromatic rings. The Morgan fingerprint density at radius 1 is 0.812 bits per heavy atom. The summed E-state index contributed by atoms with van der Waals surface area (Å²) in [7, 11) is -4.36. The molecule has 0 aromatic heterocycles. The van der Waals surface area contributed by atoms with Crippen molar-refractivity contribution < 1.29 is 22.5 Å². The highest BCUT2D eigenvalue weighted by atomic mass is 127. The fourth-order valence-electron chi connectivity index (χ4n) is 4.15. The highest BCUT2D eigenvalue weighted by molar-refractivity contribution is 14.1. The van der Waals surface area contributed by atoms with Crippen LogP contribution in [-0.2, 0) is 23.0 Å². The van der Waals surface area contributed by atoms with Crippen molar-refractivity contribution in [3.8, 4) is 5.75 Å². The van der Waals surface area contributed by atoms with Crippen molar-refractivity contribution in [3.05, 3.63) is 63.8 Å². The van der Waals surface area contributed by atoms with E-state index in [0.29, 0.717) is 35.3 Å². The number of ether oxygens (including phenoxy) is 1. The van der Waals surface area contributed by atoms with Gasteiger partial charge in [-0.1, -0.05) is 37.1 Å². The predicted octanol–water partition coefficient (Wildman–Crippen LogP) is 6.78. The fraction of sp³-hybridized carbons (Fsp3) is 0.261. The topological polar surface area (TPSA) is 80.7 Å². The minimum absolute atomic E-state index is 0.0846. The van der Waals surface area contributed by atoms with Crippen LogP contribution in [0.1, 0.15) is 47.2 Å². The van der Waals surface area contributed by atoms with Gasteiger partial charge < -0.3 is 4.74 Å². The minimum atomic E-state index is -4.36. The Morgan fingerprint density at radius 3 is 2.03 bits per heavy atom. The SMILES string of the molecule is O=C(Oc1ccc(S(=O)(=O)O)c2c1CCCCCC2)c1c(I)c(I)c2ccccc2c1I. The van der Waals surface area contributed by atoms with E-state index in [0.717, 1.165) is 47.2 Å². The summed E-state index contributed by atoms with van der Waals surface area (Å²) in [5.41, 5.74) is 1.77. The lowest BCUT2D eigenvalue weighted by Crippen LogP contribution is -2.17. The number of rotatable bonds is 3. The zero-order valence-corrected chi connectivity index (χ0v) is 24.1. The van der Waals surface area contributed by atoms with Gasteiger partial charge in [0.05, 0.1) is 10.5 Å². The molecule has 0 radical (unpaired) electrons. The van der Waals surface area contributed by atoms with E-state index in [9.17, 15) is 17.8 Å². The molecule has 0 spiro atoms. The molecule has 0 unspecified atom stereocenters. The number of esters is 1. The molecule has 32 heavy (non-hydrogen) atoms. The standard InChI is InChI=1S/C23H19I3O5S/c24-20-15-9-5-6-10-16(15)21(25)22(26)19(20)23(27)31-17-11-12-18(32(28,29)30)14-8-4-2-1-3-7-13(14)17/h5-6,9-12H,1-4,7-8H2,(H,28,29,30). The van der Waals surface area contributed by atoms with Gasteiger partial charge in [-0.2, -0.15) is 8.42 Å². The second-order valence-electron chi connectivity index (χ2n) is 7.66. The maximum atomic E-state index is 13.4. The molecule has 0 amide bonds. The van der Waals surface area contributed by atoms with Gasteiger partial charge in [-0.3, -0.25) is 4.55 Å². The average molecular weight is 788 g/mol. The van der Waals surface area contributed by atoms with Crippen LogP contribution in [0.25, 0.3) is 10.8 Å². The van der Waals surface area contributed by atoms with E-state index in [2.05, 4.69) is 67.8 Å². The number of halogens is 3. The number of carbonyl (C=O) groups excluding carboxylic acids is 1. The molecule has 1 N–H and O–H groups in total. The van der Waals surface area contributed by atoms with Crippen LogP contribution in [0.4, 0.5) is 0 Å². The molecule has 0 saturated carbocycles. The van der Waals surface area contributed by atoms with E-state index in [1.807, 2.05) is 24.3 Å². The van der Waals surface area contributed by atoms with Gasteiger partial charge in [-0.15, -0.1) is 0 Å². The van der Waals surface area contributed by atoms with E-state index in [4.69, 9.17) is 4.74 Å². The van der Waals surface area contributed by atoms with Crippen molar-refractivity contribution in [2.45, 2.75) is 43.4 Å². The molecule has 0 atom stereocenters. The summed E-state index contributed by atoms with van der Waals surface area (Å²) in [5.74, 6) is -0.0969.